The van der Waals surface area contributed by atoms with Crippen LogP contribution in [0.5, 0.6) is 23.0 Å². The molecule has 2 amide bonds. The highest BCUT2D eigenvalue weighted by molar-refractivity contribution is 5.78. The molecule has 1 aliphatic carbocycles. The molecule has 4 aromatic carbocycles. The summed E-state index contributed by atoms with van der Waals surface area (Å²) in [5.41, 5.74) is 11.2. The molecular weight excluding hydrogens is 897 g/mol. The third-order valence-electron chi connectivity index (χ3n) is 13.8. The number of hydrogen-bond donors (Lipinski definition) is 4. The van der Waals surface area contributed by atoms with Crippen molar-refractivity contribution in [1.82, 2.24) is 10.6 Å². The summed E-state index contributed by atoms with van der Waals surface area (Å²) in [6.45, 7) is 26.3. The van der Waals surface area contributed by atoms with E-state index in [1.165, 1.54) is 0 Å². The number of amides is 2. The Hall–Kier alpha value is -6.68. The largest absolute Gasteiger partial charge is 0.507 e. The Morgan fingerprint density at radius 3 is 0.917 bits per heavy atom. The summed E-state index contributed by atoms with van der Waals surface area (Å²) in [5.74, 6) is 0.904. The highest BCUT2D eigenvalue weighted by atomic mass is 16.5. The van der Waals surface area contributed by atoms with E-state index in [4.69, 9.17) is 9.47 Å². The van der Waals surface area contributed by atoms with E-state index < -0.39 is 0 Å². The van der Waals surface area contributed by atoms with Gasteiger partial charge in [0, 0.05) is 63.0 Å². The Balaban J connectivity index is 1.43. The second kappa shape index (κ2) is 20.8. The van der Waals surface area contributed by atoms with Gasteiger partial charge in [-0.25, -0.2) is 9.13 Å². The summed E-state index contributed by atoms with van der Waals surface area (Å²) in [6, 6.07) is 24.9. The van der Waals surface area contributed by atoms with Crippen LogP contribution in [0.1, 0.15) is 161 Å². The Morgan fingerprint density at radius 2 is 0.681 bits per heavy atom. The van der Waals surface area contributed by atoms with Gasteiger partial charge in [0.1, 0.15) is 37.1 Å². The number of carbonyl (C=O) groups is 2. The van der Waals surface area contributed by atoms with Crippen LogP contribution in [0.25, 0.3) is 0 Å². The van der Waals surface area contributed by atoms with Gasteiger partial charge in [0.2, 0.25) is 0 Å². The number of pyridine rings is 2. The lowest BCUT2D eigenvalue weighted by atomic mass is 9.79. The minimum atomic E-state index is -0.291. The zero-order chi connectivity index (χ0) is 52.5. The van der Waals surface area contributed by atoms with Gasteiger partial charge in [-0.1, -0.05) is 132 Å². The molecule has 0 radical (unpaired) electrons. The SMILES string of the molecule is C[n+]1ccc(CNC(=O)COc2c3cc(C(C)(C)C)cc2Cc2cc(C(C)(C)C)cc(c2O)Cc2cc(C(C)(C)C)cc(c2OCC(=O)NCc2cc[n+](C)cc2)Cc2cc(C(C)(C)C)cc(c2O)C3)cc1. The summed E-state index contributed by atoms with van der Waals surface area (Å²) in [4.78, 5) is 27.3. The van der Waals surface area contributed by atoms with E-state index in [0.29, 0.717) is 50.3 Å². The van der Waals surface area contributed by atoms with E-state index in [2.05, 4.69) is 142 Å². The molecule has 0 spiro atoms. The van der Waals surface area contributed by atoms with E-state index in [1.807, 2.05) is 72.3 Å². The molecule has 0 saturated carbocycles. The molecular formula is C62H78N4O6+2. The van der Waals surface area contributed by atoms with E-state index >= 15 is 0 Å². The fourth-order valence-electron chi connectivity index (χ4n) is 9.09. The van der Waals surface area contributed by atoms with E-state index in [0.717, 1.165) is 77.9 Å². The number of benzene rings is 4. The summed E-state index contributed by atoms with van der Waals surface area (Å²) >= 11 is 0. The molecule has 10 heteroatoms. The number of aromatic hydroxyl groups is 2. The molecule has 7 rings (SSSR count). The number of nitrogens with zero attached hydrogens (tertiary/aromatic N) is 2. The monoisotopic (exact) mass is 975 g/mol. The summed E-state index contributed by atoms with van der Waals surface area (Å²) in [6.07, 6.45) is 8.99. The molecule has 72 heavy (non-hydrogen) atoms. The fourth-order valence-corrected chi connectivity index (χ4v) is 9.09. The molecule has 1 aliphatic rings. The van der Waals surface area contributed by atoms with Gasteiger partial charge < -0.3 is 30.3 Å². The van der Waals surface area contributed by atoms with Crippen molar-refractivity contribution in [2.75, 3.05) is 13.2 Å². The molecule has 0 saturated heterocycles. The molecule has 4 N–H and O–H groups in total. The highest BCUT2D eigenvalue weighted by Crippen LogP contribution is 2.44. The lowest BCUT2D eigenvalue weighted by Gasteiger charge is -2.28. The maximum atomic E-state index is 13.7. The molecule has 0 aliphatic heterocycles. The number of nitrogens with one attached hydrogen (secondary N) is 2. The lowest BCUT2D eigenvalue weighted by molar-refractivity contribution is -0.671. The third-order valence-corrected chi connectivity index (χ3v) is 13.8. The number of fused-ring (bicyclic) bond motifs is 8. The number of rotatable bonds is 10. The molecule has 0 fully saturated rings. The predicted molar refractivity (Wildman–Crippen MR) is 285 cm³/mol. The van der Waals surface area contributed by atoms with Gasteiger partial charge in [-0.3, -0.25) is 9.59 Å². The van der Waals surface area contributed by atoms with Crippen LogP contribution in [-0.4, -0.2) is 35.2 Å². The first-order chi connectivity index (χ1) is 33.6. The van der Waals surface area contributed by atoms with Crippen molar-refractivity contribution in [2.24, 2.45) is 14.1 Å². The van der Waals surface area contributed by atoms with Gasteiger partial charge in [-0.15, -0.1) is 0 Å². The van der Waals surface area contributed by atoms with Crippen LogP contribution >= 0.6 is 0 Å². The van der Waals surface area contributed by atoms with Crippen LogP contribution in [0, 0.1) is 0 Å². The summed E-state index contributed by atoms with van der Waals surface area (Å²) in [7, 11) is 3.91. The molecule has 10 nitrogen and oxygen atoms in total. The van der Waals surface area contributed by atoms with Crippen molar-refractivity contribution in [3.05, 3.63) is 175 Å². The Labute approximate surface area is 428 Å². The number of aryl methyl sites for hydroxylation is 2. The number of phenols is 2. The minimum absolute atomic E-state index is 0.165. The quantitative estimate of drug-likeness (QED) is 0.101. The van der Waals surface area contributed by atoms with Crippen LogP contribution in [0.2, 0.25) is 0 Å². The molecule has 0 atom stereocenters. The minimum Gasteiger partial charge on any atom is -0.507 e. The first kappa shape index (κ1) is 53.1. The third kappa shape index (κ3) is 13.0. The Bertz CT molecular complexity index is 2660. The predicted octanol–water partition coefficient (Wildman–Crippen LogP) is 10.0. The fraction of sp³-hybridized carbons (Fsp3) is 0.419. The van der Waals surface area contributed by atoms with Gasteiger partial charge in [-0.2, -0.15) is 0 Å². The van der Waals surface area contributed by atoms with E-state index in [-0.39, 0.29) is 58.2 Å². The summed E-state index contributed by atoms with van der Waals surface area (Å²) in [5, 5.41) is 31.4. The topological polar surface area (TPSA) is 125 Å². The average Bonchev–Trinajstić information content (AvgIpc) is 3.28. The second-order valence-corrected chi connectivity index (χ2v) is 24.1. The van der Waals surface area contributed by atoms with Gasteiger partial charge in [0.25, 0.3) is 11.8 Å². The summed E-state index contributed by atoms with van der Waals surface area (Å²) < 4.78 is 17.4. The van der Waals surface area contributed by atoms with Crippen molar-refractivity contribution in [3.8, 4) is 23.0 Å². The van der Waals surface area contributed by atoms with Crippen LogP contribution < -0.4 is 29.2 Å². The smallest absolute Gasteiger partial charge is 0.258 e. The number of carbonyl (C=O) groups excluding carboxylic acids is 2. The van der Waals surface area contributed by atoms with Gasteiger partial charge >= 0.3 is 0 Å². The number of ether oxygens (including phenoxy) is 2. The zero-order valence-electron chi connectivity index (χ0n) is 45.3. The first-order valence-corrected chi connectivity index (χ1v) is 25.3. The lowest BCUT2D eigenvalue weighted by Crippen LogP contribution is -2.30. The standard InChI is InChI=1S/C62H76N4O6/c1-59(2,3)49-27-41-23-45-31-51(61(7,8)9)33-47(57(45)71-37-53(67)63-35-39-15-19-65(13)20-16-39)25-43-29-50(60(4,5)6)30-44(56(43)70)26-48-34-52(62(10,11)12)32-46(24-42(28-49)55(41)69)58(48)72-38-54(68)64-36-40-17-21-66(14)22-18-40/h15-22,27-34H,23-26,35-38H2,1-14H3,(H2-2,63,64,67,68,69,70)/p+2. The second-order valence-electron chi connectivity index (χ2n) is 24.1. The molecule has 6 aromatic rings. The molecule has 8 bridgehead atoms. The van der Waals surface area contributed by atoms with Crippen molar-refractivity contribution in [3.63, 3.8) is 0 Å². The average molecular weight is 975 g/mol. The highest BCUT2D eigenvalue weighted by Gasteiger charge is 2.29. The van der Waals surface area contributed by atoms with Crippen LogP contribution in [0.3, 0.4) is 0 Å². The molecule has 0 unspecified atom stereocenters. The van der Waals surface area contributed by atoms with E-state index in [9.17, 15) is 19.8 Å². The van der Waals surface area contributed by atoms with Crippen molar-refractivity contribution >= 4 is 11.8 Å². The number of hydrogen-bond acceptors (Lipinski definition) is 6. The van der Waals surface area contributed by atoms with Crippen molar-refractivity contribution in [2.45, 2.75) is 144 Å². The Kier molecular flexibility index (Phi) is 15.4. The van der Waals surface area contributed by atoms with Crippen LogP contribution in [0.15, 0.2) is 97.6 Å². The van der Waals surface area contributed by atoms with E-state index in [1.54, 1.807) is 0 Å². The number of aromatic nitrogens is 2. The van der Waals surface area contributed by atoms with Crippen LogP contribution in [-0.2, 0) is 84.1 Å². The number of phenolic OH excluding ortho intramolecular Hbond substituents is 2. The zero-order valence-corrected chi connectivity index (χ0v) is 45.3. The van der Waals surface area contributed by atoms with Crippen molar-refractivity contribution < 1.29 is 38.4 Å². The first-order valence-electron chi connectivity index (χ1n) is 25.3. The van der Waals surface area contributed by atoms with Crippen LogP contribution in [0.4, 0.5) is 0 Å². The van der Waals surface area contributed by atoms with Gasteiger partial charge in [0.15, 0.2) is 38.0 Å². The Morgan fingerprint density at radius 1 is 0.444 bits per heavy atom. The molecule has 380 valence electrons. The van der Waals surface area contributed by atoms with Gasteiger partial charge in [0.05, 0.1) is 0 Å². The van der Waals surface area contributed by atoms with Crippen molar-refractivity contribution in [1.29, 1.82) is 0 Å². The molecule has 2 heterocycles. The maximum absolute atomic E-state index is 13.7. The van der Waals surface area contributed by atoms with Gasteiger partial charge in [-0.05, 0) is 99.5 Å². The molecule has 2 aromatic heterocycles. The normalized spacial score (nSPS) is 13.1. The maximum Gasteiger partial charge on any atom is 0.258 e.